The maximum atomic E-state index is 12.9. The average molecular weight is 460 g/mol. The molecule has 0 aromatic heterocycles. The third kappa shape index (κ3) is 7.86. The van der Waals surface area contributed by atoms with Gasteiger partial charge in [0.2, 0.25) is 17.7 Å². The number of nitrogens with two attached hydrogens (primary N) is 1. The zero-order valence-corrected chi connectivity index (χ0v) is 18.8. The number of carbonyl (C=O) groups is 3. The Bertz CT molecular complexity index is 1090. The Kier molecular flexibility index (Phi) is 8.94. The Hall–Kier alpha value is -3.97. The van der Waals surface area contributed by atoms with Crippen LogP contribution in [0.4, 0.5) is 0 Å². The number of amides is 3. The van der Waals surface area contributed by atoms with E-state index in [1.54, 1.807) is 12.1 Å². The largest absolute Gasteiger partial charge is 0.508 e. The number of rotatable bonds is 10. The number of aromatic hydroxyl groups is 1. The maximum absolute atomic E-state index is 12.9. The lowest BCUT2D eigenvalue weighted by Gasteiger charge is -2.21. The molecule has 0 aliphatic rings. The monoisotopic (exact) mass is 459 g/mol. The van der Waals surface area contributed by atoms with E-state index in [0.29, 0.717) is 6.42 Å². The highest BCUT2D eigenvalue weighted by atomic mass is 16.3. The lowest BCUT2D eigenvalue weighted by Crippen LogP contribution is -2.53. The number of carbonyl (C=O) groups excluding carboxylic acids is 3. The van der Waals surface area contributed by atoms with Gasteiger partial charge in [-0.2, -0.15) is 0 Å². The van der Waals surface area contributed by atoms with Crippen LogP contribution in [0.2, 0.25) is 0 Å². The molecular formula is C27H29N3O4. The van der Waals surface area contributed by atoms with Crippen LogP contribution in [0.15, 0.2) is 84.9 Å². The van der Waals surface area contributed by atoms with Crippen LogP contribution >= 0.6 is 0 Å². The predicted octanol–water partition coefficient (Wildman–Crippen LogP) is 2.27. The Labute approximate surface area is 199 Å². The molecule has 0 fully saturated rings. The summed E-state index contributed by atoms with van der Waals surface area (Å²) in [5, 5.41) is 14.5. The van der Waals surface area contributed by atoms with Crippen molar-refractivity contribution in [3.63, 3.8) is 0 Å². The number of imide groups is 1. The third-order valence-electron chi connectivity index (χ3n) is 5.39. The van der Waals surface area contributed by atoms with E-state index in [1.165, 1.54) is 12.1 Å². The van der Waals surface area contributed by atoms with Gasteiger partial charge in [0.1, 0.15) is 11.8 Å². The number of aryl methyl sites for hydroxylation is 1. The standard InChI is InChI=1S/C27H29N3O4/c28-23(17-21-11-14-22(31)15-12-21)26(33)29-24(18-20-9-5-2-6-10-20)27(34)30-25(32)16-13-19-7-3-1-4-8-19/h1-12,14-15,23-24,31H,13,16-18,28H2,(H,29,33)(H,30,32,34)/t23-,24+/m0/s1. The molecule has 5 N–H and O–H groups in total. The number of phenolic OH excluding ortho intramolecular Hbond substituents is 1. The van der Waals surface area contributed by atoms with Crippen molar-refractivity contribution in [3.05, 3.63) is 102 Å². The molecular weight excluding hydrogens is 430 g/mol. The van der Waals surface area contributed by atoms with Gasteiger partial charge in [0.15, 0.2) is 0 Å². The first-order valence-electron chi connectivity index (χ1n) is 11.2. The summed E-state index contributed by atoms with van der Waals surface area (Å²) in [4.78, 5) is 38.1. The molecule has 34 heavy (non-hydrogen) atoms. The summed E-state index contributed by atoms with van der Waals surface area (Å²) < 4.78 is 0. The Morgan fingerprint density at radius 2 is 1.29 bits per heavy atom. The van der Waals surface area contributed by atoms with E-state index in [2.05, 4.69) is 10.6 Å². The Morgan fingerprint density at radius 3 is 1.91 bits per heavy atom. The molecule has 3 aromatic rings. The molecule has 7 nitrogen and oxygen atoms in total. The molecule has 0 saturated heterocycles. The van der Waals surface area contributed by atoms with E-state index in [1.807, 2.05) is 60.7 Å². The van der Waals surface area contributed by atoms with Gasteiger partial charge < -0.3 is 16.2 Å². The van der Waals surface area contributed by atoms with E-state index in [9.17, 15) is 19.5 Å². The van der Waals surface area contributed by atoms with Gasteiger partial charge in [0, 0.05) is 12.8 Å². The number of phenols is 1. The second kappa shape index (κ2) is 12.3. The smallest absolute Gasteiger partial charge is 0.249 e. The summed E-state index contributed by atoms with van der Waals surface area (Å²) in [6.07, 6.45) is 1.12. The Morgan fingerprint density at radius 1 is 0.735 bits per heavy atom. The van der Waals surface area contributed by atoms with Crippen molar-refractivity contribution < 1.29 is 19.5 Å². The quantitative estimate of drug-likeness (QED) is 0.371. The van der Waals surface area contributed by atoms with E-state index in [0.717, 1.165) is 16.7 Å². The molecule has 0 heterocycles. The summed E-state index contributed by atoms with van der Waals surface area (Å²) in [5.74, 6) is -1.36. The highest BCUT2D eigenvalue weighted by Gasteiger charge is 2.25. The normalized spacial score (nSPS) is 12.4. The minimum Gasteiger partial charge on any atom is -0.508 e. The fourth-order valence-electron chi connectivity index (χ4n) is 3.51. The van der Waals surface area contributed by atoms with Gasteiger partial charge in [-0.05, 0) is 41.7 Å². The van der Waals surface area contributed by atoms with Crippen molar-refractivity contribution in [2.45, 2.75) is 37.8 Å². The van der Waals surface area contributed by atoms with Gasteiger partial charge in [-0.3, -0.25) is 19.7 Å². The molecule has 3 rings (SSSR count). The van der Waals surface area contributed by atoms with Gasteiger partial charge in [-0.25, -0.2) is 0 Å². The highest BCUT2D eigenvalue weighted by molar-refractivity contribution is 5.99. The molecule has 3 amide bonds. The third-order valence-corrected chi connectivity index (χ3v) is 5.39. The molecule has 0 saturated carbocycles. The molecule has 176 valence electrons. The Balaban J connectivity index is 1.62. The fourth-order valence-corrected chi connectivity index (χ4v) is 3.51. The number of benzene rings is 3. The van der Waals surface area contributed by atoms with Gasteiger partial charge in [-0.15, -0.1) is 0 Å². The topological polar surface area (TPSA) is 122 Å². The van der Waals surface area contributed by atoms with E-state index in [-0.39, 0.29) is 25.0 Å². The van der Waals surface area contributed by atoms with Gasteiger partial charge >= 0.3 is 0 Å². The van der Waals surface area contributed by atoms with Crippen LogP contribution in [0, 0.1) is 0 Å². The molecule has 0 spiro atoms. The maximum Gasteiger partial charge on any atom is 0.249 e. The summed E-state index contributed by atoms with van der Waals surface area (Å²) in [5.41, 5.74) is 8.69. The molecule has 7 heteroatoms. The van der Waals surface area contributed by atoms with Crippen molar-refractivity contribution >= 4 is 17.7 Å². The van der Waals surface area contributed by atoms with Crippen LogP contribution in [0.25, 0.3) is 0 Å². The number of hydrogen-bond donors (Lipinski definition) is 4. The minimum atomic E-state index is -0.957. The second-order valence-electron chi connectivity index (χ2n) is 8.13. The summed E-state index contributed by atoms with van der Waals surface area (Å²) in [6, 6.07) is 23.3. The number of nitrogens with one attached hydrogen (secondary N) is 2. The fraction of sp³-hybridized carbons (Fsp3) is 0.222. The zero-order chi connectivity index (χ0) is 24.3. The minimum absolute atomic E-state index is 0.123. The number of hydrogen-bond acceptors (Lipinski definition) is 5. The van der Waals surface area contributed by atoms with E-state index in [4.69, 9.17) is 5.73 Å². The molecule has 0 radical (unpaired) electrons. The molecule has 0 aliphatic heterocycles. The van der Waals surface area contributed by atoms with Crippen molar-refractivity contribution in [1.82, 2.24) is 10.6 Å². The summed E-state index contributed by atoms with van der Waals surface area (Å²) >= 11 is 0. The van der Waals surface area contributed by atoms with Gasteiger partial charge in [0.25, 0.3) is 0 Å². The molecule has 3 aromatic carbocycles. The average Bonchev–Trinajstić information content (AvgIpc) is 2.85. The summed E-state index contributed by atoms with van der Waals surface area (Å²) in [6.45, 7) is 0. The molecule has 0 aliphatic carbocycles. The van der Waals surface area contributed by atoms with Crippen LogP contribution in [-0.2, 0) is 33.6 Å². The van der Waals surface area contributed by atoms with Crippen molar-refractivity contribution in [2.24, 2.45) is 5.73 Å². The van der Waals surface area contributed by atoms with Gasteiger partial charge in [0.05, 0.1) is 6.04 Å². The van der Waals surface area contributed by atoms with E-state index >= 15 is 0 Å². The first kappa shape index (κ1) is 24.7. The van der Waals surface area contributed by atoms with Crippen LogP contribution in [0.1, 0.15) is 23.1 Å². The molecule has 2 atom stereocenters. The highest BCUT2D eigenvalue weighted by Crippen LogP contribution is 2.11. The lowest BCUT2D eigenvalue weighted by atomic mass is 10.0. The first-order valence-corrected chi connectivity index (χ1v) is 11.2. The summed E-state index contributed by atoms with van der Waals surface area (Å²) in [7, 11) is 0. The van der Waals surface area contributed by atoms with E-state index < -0.39 is 29.8 Å². The first-order chi connectivity index (χ1) is 16.4. The lowest BCUT2D eigenvalue weighted by molar-refractivity contribution is -0.134. The van der Waals surface area contributed by atoms with Crippen LogP contribution in [-0.4, -0.2) is 34.9 Å². The predicted molar refractivity (Wildman–Crippen MR) is 130 cm³/mol. The van der Waals surface area contributed by atoms with Crippen LogP contribution in [0.3, 0.4) is 0 Å². The zero-order valence-electron chi connectivity index (χ0n) is 18.8. The second-order valence-corrected chi connectivity index (χ2v) is 8.13. The molecule has 0 bridgehead atoms. The van der Waals surface area contributed by atoms with Crippen molar-refractivity contribution in [1.29, 1.82) is 0 Å². The van der Waals surface area contributed by atoms with Crippen LogP contribution < -0.4 is 16.4 Å². The van der Waals surface area contributed by atoms with Gasteiger partial charge in [-0.1, -0.05) is 72.8 Å². The van der Waals surface area contributed by atoms with Crippen LogP contribution in [0.5, 0.6) is 5.75 Å². The molecule has 0 unspecified atom stereocenters. The van der Waals surface area contributed by atoms with Crippen molar-refractivity contribution in [2.75, 3.05) is 0 Å². The SMILES string of the molecule is N[C@@H](Cc1ccc(O)cc1)C(=O)N[C@H](Cc1ccccc1)C(=O)NC(=O)CCc1ccccc1. The van der Waals surface area contributed by atoms with Crippen molar-refractivity contribution in [3.8, 4) is 5.75 Å².